The van der Waals surface area contributed by atoms with E-state index in [0.29, 0.717) is 5.25 Å². The van der Waals surface area contributed by atoms with E-state index < -0.39 is 0 Å². The molecule has 0 amide bonds. The number of aryl methyl sites for hydroxylation is 1. The summed E-state index contributed by atoms with van der Waals surface area (Å²) in [4.78, 5) is 1.30. The highest BCUT2D eigenvalue weighted by Gasteiger charge is 2.14. The summed E-state index contributed by atoms with van der Waals surface area (Å²) in [5.74, 6) is 1.17. The third-order valence-electron chi connectivity index (χ3n) is 3.35. The maximum Gasteiger partial charge on any atom is 0.168 e. The fraction of sp³-hybridized carbons (Fsp3) is 0.562. The molecule has 0 aliphatic carbocycles. The highest BCUT2D eigenvalue weighted by Crippen LogP contribution is 2.32. The molecular formula is C16H23NOS2. The van der Waals surface area contributed by atoms with Crippen molar-refractivity contribution in [2.75, 3.05) is 12.0 Å². The molecule has 1 heterocycles. The van der Waals surface area contributed by atoms with E-state index in [2.05, 4.69) is 44.3 Å². The van der Waals surface area contributed by atoms with Gasteiger partial charge in [0.2, 0.25) is 0 Å². The van der Waals surface area contributed by atoms with Crippen molar-refractivity contribution in [1.29, 1.82) is 0 Å². The van der Waals surface area contributed by atoms with Crippen LogP contribution >= 0.6 is 23.5 Å². The number of nitrogens with zero attached hydrogens (tertiary/aromatic N) is 1. The van der Waals surface area contributed by atoms with E-state index in [4.69, 9.17) is 4.52 Å². The lowest BCUT2D eigenvalue weighted by Gasteiger charge is -2.11. The van der Waals surface area contributed by atoms with Crippen LogP contribution in [0.15, 0.2) is 21.6 Å². The molecule has 2 aromatic rings. The summed E-state index contributed by atoms with van der Waals surface area (Å²) in [7, 11) is 0. The summed E-state index contributed by atoms with van der Waals surface area (Å²) in [6.07, 6.45) is 5.31. The van der Waals surface area contributed by atoms with Gasteiger partial charge < -0.3 is 4.52 Å². The fourth-order valence-corrected chi connectivity index (χ4v) is 4.08. The zero-order chi connectivity index (χ0) is 14.5. The third-order valence-corrected chi connectivity index (χ3v) is 5.18. The predicted molar refractivity (Wildman–Crippen MR) is 91.1 cm³/mol. The number of thioether (sulfide) groups is 2. The highest BCUT2D eigenvalue weighted by atomic mass is 32.2. The van der Waals surface area contributed by atoms with Gasteiger partial charge in [-0.1, -0.05) is 32.3 Å². The summed E-state index contributed by atoms with van der Waals surface area (Å²) in [5, 5.41) is 6.12. The van der Waals surface area contributed by atoms with Gasteiger partial charge in [0.1, 0.15) is 0 Å². The van der Waals surface area contributed by atoms with Crippen molar-refractivity contribution < 1.29 is 4.52 Å². The van der Waals surface area contributed by atoms with Gasteiger partial charge in [-0.05, 0) is 42.5 Å². The monoisotopic (exact) mass is 309 g/mol. The summed E-state index contributed by atoms with van der Waals surface area (Å²) >= 11 is 3.80. The van der Waals surface area contributed by atoms with Crippen molar-refractivity contribution in [3.05, 3.63) is 23.4 Å². The molecular weight excluding hydrogens is 286 g/mol. The molecule has 2 nitrogen and oxygen atoms in total. The Morgan fingerprint density at radius 1 is 1.30 bits per heavy atom. The van der Waals surface area contributed by atoms with E-state index in [1.54, 1.807) is 11.8 Å². The first-order chi connectivity index (χ1) is 9.69. The van der Waals surface area contributed by atoms with E-state index in [1.165, 1.54) is 21.6 Å². The van der Waals surface area contributed by atoms with E-state index in [9.17, 15) is 0 Å². The van der Waals surface area contributed by atoms with Crippen LogP contribution < -0.4 is 0 Å². The minimum absolute atomic E-state index is 0.644. The Bertz CT molecular complexity index is 565. The Balaban J connectivity index is 2.35. The second-order valence-corrected chi connectivity index (χ2v) is 7.58. The van der Waals surface area contributed by atoms with E-state index >= 15 is 0 Å². The Kier molecular flexibility index (Phi) is 5.85. The maximum atomic E-state index is 5.56. The van der Waals surface area contributed by atoms with Crippen LogP contribution in [0.5, 0.6) is 0 Å². The van der Waals surface area contributed by atoms with Crippen molar-refractivity contribution in [2.45, 2.75) is 50.2 Å². The smallest absolute Gasteiger partial charge is 0.168 e. The van der Waals surface area contributed by atoms with Crippen LogP contribution in [0.25, 0.3) is 11.0 Å². The maximum absolute atomic E-state index is 5.56. The van der Waals surface area contributed by atoms with Crippen LogP contribution in [0.3, 0.4) is 0 Å². The number of hydrogen-bond acceptors (Lipinski definition) is 4. The molecule has 0 saturated carbocycles. The van der Waals surface area contributed by atoms with Gasteiger partial charge in [0.05, 0.1) is 11.1 Å². The molecule has 1 aromatic carbocycles. The van der Waals surface area contributed by atoms with E-state index in [-0.39, 0.29) is 0 Å². The molecule has 0 bridgehead atoms. The number of aromatic nitrogens is 1. The lowest BCUT2D eigenvalue weighted by atomic mass is 10.1. The molecule has 1 atom stereocenters. The van der Waals surface area contributed by atoms with Crippen molar-refractivity contribution in [3.8, 4) is 0 Å². The third kappa shape index (κ3) is 3.53. The lowest BCUT2D eigenvalue weighted by molar-refractivity contribution is 0.445. The molecule has 0 saturated heterocycles. The normalized spacial score (nSPS) is 13.0. The first-order valence-electron chi connectivity index (χ1n) is 7.26. The Hall–Kier alpha value is -0.610. The lowest BCUT2D eigenvalue weighted by Crippen LogP contribution is -2.02. The molecule has 1 aromatic heterocycles. The predicted octanol–water partition coefficient (Wildman–Crippen LogP) is 5.19. The highest BCUT2D eigenvalue weighted by molar-refractivity contribution is 7.99. The molecule has 0 N–H and O–H groups in total. The minimum Gasteiger partial charge on any atom is -0.356 e. The molecule has 0 spiro atoms. The Morgan fingerprint density at radius 2 is 2.10 bits per heavy atom. The average molecular weight is 310 g/mol. The largest absolute Gasteiger partial charge is 0.356 e. The molecule has 20 heavy (non-hydrogen) atoms. The molecule has 2 rings (SSSR count). The van der Waals surface area contributed by atoms with Crippen LogP contribution in [-0.4, -0.2) is 22.4 Å². The Morgan fingerprint density at radius 3 is 2.75 bits per heavy atom. The topological polar surface area (TPSA) is 26.0 Å². The van der Waals surface area contributed by atoms with Crippen LogP contribution in [0.2, 0.25) is 0 Å². The summed E-state index contributed by atoms with van der Waals surface area (Å²) in [5.41, 5.74) is 3.41. The average Bonchev–Trinajstić information content (AvgIpc) is 2.82. The van der Waals surface area contributed by atoms with Crippen molar-refractivity contribution in [3.63, 3.8) is 0 Å². The van der Waals surface area contributed by atoms with E-state index in [0.717, 1.165) is 30.5 Å². The van der Waals surface area contributed by atoms with Gasteiger partial charge >= 0.3 is 0 Å². The van der Waals surface area contributed by atoms with E-state index in [1.807, 2.05) is 11.8 Å². The Labute approximate surface area is 130 Å². The SMILES string of the molecule is CCCc1noc2cc(CC(C)SCC)cc(SC)c12. The first kappa shape index (κ1) is 15.8. The zero-order valence-corrected chi connectivity index (χ0v) is 14.4. The van der Waals surface area contributed by atoms with Gasteiger partial charge in [0.15, 0.2) is 5.58 Å². The minimum atomic E-state index is 0.644. The molecule has 4 heteroatoms. The molecule has 0 fully saturated rings. The summed E-state index contributed by atoms with van der Waals surface area (Å²) in [6.45, 7) is 6.68. The van der Waals surface area contributed by atoms with Crippen molar-refractivity contribution in [2.24, 2.45) is 0 Å². The molecule has 110 valence electrons. The molecule has 0 aliphatic heterocycles. The van der Waals surface area contributed by atoms with Gasteiger partial charge in [-0.25, -0.2) is 0 Å². The standard InChI is InChI=1S/C16H23NOS2/c1-5-7-13-16-14(18-17-13)9-12(10-15(16)19-4)8-11(3)20-6-2/h9-11H,5-8H2,1-4H3. The number of rotatable bonds is 7. The van der Waals surface area contributed by atoms with Crippen molar-refractivity contribution in [1.82, 2.24) is 5.16 Å². The van der Waals surface area contributed by atoms with Crippen LogP contribution in [-0.2, 0) is 12.8 Å². The number of hydrogen-bond donors (Lipinski definition) is 0. The fourth-order valence-electron chi connectivity index (χ4n) is 2.51. The van der Waals surface area contributed by atoms with Crippen LogP contribution in [0.1, 0.15) is 38.4 Å². The second-order valence-electron chi connectivity index (χ2n) is 5.02. The summed E-state index contributed by atoms with van der Waals surface area (Å²) < 4.78 is 5.56. The van der Waals surface area contributed by atoms with Crippen LogP contribution in [0, 0.1) is 0 Å². The van der Waals surface area contributed by atoms with Gasteiger partial charge in [-0.3, -0.25) is 0 Å². The quantitative estimate of drug-likeness (QED) is 0.658. The zero-order valence-electron chi connectivity index (χ0n) is 12.7. The summed E-state index contributed by atoms with van der Waals surface area (Å²) in [6, 6.07) is 4.49. The van der Waals surface area contributed by atoms with Gasteiger partial charge in [0, 0.05) is 10.1 Å². The van der Waals surface area contributed by atoms with Gasteiger partial charge in [0.25, 0.3) is 0 Å². The van der Waals surface area contributed by atoms with Gasteiger partial charge in [-0.2, -0.15) is 11.8 Å². The molecule has 0 aliphatic rings. The molecule has 0 radical (unpaired) electrons. The van der Waals surface area contributed by atoms with Gasteiger partial charge in [-0.15, -0.1) is 11.8 Å². The van der Waals surface area contributed by atoms with Crippen molar-refractivity contribution >= 4 is 34.5 Å². The first-order valence-corrected chi connectivity index (χ1v) is 9.53. The molecule has 1 unspecified atom stereocenters. The van der Waals surface area contributed by atoms with Crippen LogP contribution in [0.4, 0.5) is 0 Å². The number of benzene rings is 1. The number of fused-ring (bicyclic) bond motifs is 1. The second kappa shape index (κ2) is 7.41.